The van der Waals surface area contributed by atoms with Crippen molar-refractivity contribution in [3.05, 3.63) is 63.4 Å². The van der Waals surface area contributed by atoms with Crippen LogP contribution < -0.4 is 4.74 Å². The second-order valence-electron chi connectivity index (χ2n) is 7.84. The maximum absolute atomic E-state index is 14.4. The molecular formula is C21H21Cl2FO3. The number of ether oxygens (including phenoxy) is 2. The first-order chi connectivity index (χ1) is 12.6. The lowest BCUT2D eigenvalue weighted by Gasteiger charge is -2.30. The van der Waals surface area contributed by atoms with Gasteiger partial charge in [0.1, 0.15) is 23.8 Å². The fourth-order valence-electron chi connectivity index (χ4n) is 2.94. The Labute approximate surface area is 168 Å². The van der Waals surface area contributed by atoms with Gasteiger partial charge in [-0.25, -0.2) is 9.18 Å². The highest BCUT2D eigenvalue weighted by Gasteiger charge is 2.55. The normalized spacial score (nSPS) is 15.3. The van der Waals surface area contributed by atoms with Gasteiger partial charge in [0.05, 0.1) is 5.56 Å². The summed E-state index contributed by atoms with van der Waals surface area (Å²) in [5.74, 6) is -0.777. The molecule has 2 aromatic carbocycles. The molecular weight excluding hydrogens is 390 g/mol. The third kappa shape index (κ3) is 4.56. The average molecular weight is 411 g/mol. The minimum Gasteiger partial charge on any atom is -0.489 e. The maximum Gasteiger partial charge on any atom is 0.341 e. The molecule has 2 aromatic rings. The SMILES string of the molecule is CC(C)(C)C1(OC(=O)c2ccc(COc3cc(Cl)cc(Cl)c3)cc2F)CC1. The van der Waals surface area contributed by atoms with Gasteiger partial charge in [0.2, 0.25) is 0 Å². The minimum absolute atomic E-state index is 0.0694. The van der Waals surface area contributed by atoms with Crippen LogP contribution in [0.25, 0.3) is 0 Å². The molecule has 0 aliphatic heterocycles. The Balaban J connectivity index is 1.67. The number of esters is 1. The van der Waals surface area contributed by atoms with E-state index in [1.807, 2.05) is 20.8 Å². The predicted molar refractivity (Wildman–Crippen MR) is 104 cm³/mol. The number of hydrogen-bond donors (Lipinski definition) is 0. The van der Waals surface area contributed by atoms with E-state index in [2.05, 4.69) is 0 Å². The van der Waals surface area contributed by atoms with Crippen molar-refractivity contribution in [2.45, 2.75) is 45.8 Å². The van der Waals surface area contributed by atoms with Crippen molar-refractivity contribution in [3.63, 3.8) is 0 Å². The van der Waals surface area contributed by atoms with E-state index in [1.165, 1.54) is 12.1 Å². The van der Waals surface area contributed by atoms with Gasteiger partial charge in [0.15, 0.2) is 0 Å². The Bertz CT molecular complexity index is 850. The van der Waals surface area contributed by atoms with Crippen LogP contribution in [0, 0.1) is 11.2 Å². The molecule has 1 saturated carbocycles. The first-order valence-corrected chi connectivity index (χ1v) is 9.46. The molecule has 1 fully saturated rings. The predicted octanol–water partition coefficient (Wildman–Crippen LogP) is 6.45. The van der Waals surface area contributed by atoms with E-state index < -0.39 is 17.4 Å². The molecule has 0 unspecified atom stereocenters. The van der Waals surface area contributed by atoms with Crippen LogP contribution >= 0.6 is 23.2 Å². The summed E-state index contributed by atoms with van der Waals surface area (Å²) in [6.07, 6.45) is 1.61. The summed E-state index contributed by atoms with van der Waals surface area (Å²) in [5, 5.41) is 0.907. The molecule has 144 valence electrons. The topological polar surface area (TPSA) is 35.5 Å². The molecule has 0 heterocycles. The average Bonchev–Trinajstić information content (AvgIpc) is 3.32. The molecule has 3 rings (SSSR count). The Morgan fingerprint density at radius 3 is 2.26 bits per heavy atom. The van der Waals surface area contributed by atoms with Crippen molar-refractivity contribution >= 4 is 29.2 Å². The van der Waals surface area contributed by atoms with Gasteiger partial charge < -0.3 is 9.47 Å². The van der Waals surface area contributed by atoms with Crippen LogP contribution in [0.3, 0.4) is 0 Å². The van der Waals surface area contributed by atoms with Crippen LogP contribution in [0.1, 0.15) is 49.5 Å². The summed E-state index contributed by atoms with van der Waals surface area (Å²) in [5.41, 5.74) is -0.160. The minimum atomic E-state index is -0.631. The Kier molecular flexibility index (Phi) is 5.42. The van der Waals surface area contributed by atoms with Gasteiger partial charge in [-0.1, -0.05) is 50.0 Å². The molecule has 0 bridgehead atoms. The molecule has 1 aliphatic carbocycles. The maximum atomic E-state index is 14.4. The zero-order valence-corrected chi connectivity index (χ0v) is 17.0. The van der Waals surface area contributed by atoms with Crippen LogP contribution in [-0.2, 0) is 11.3 Å². The number of halogens is 3. The Hall–Kier alpha value is -1.78. The van der Waals surface area contributed by atoms with Gasteiger partial charge in [-0.05, 0) is 48.7 Å². The number of carbonyl (C=O) groups excluding carboxylic acids is 1. The summed E-state index contributed by atoms with van der Waals surface area (Å²) in [4.78, 5) is 12.4. The van der Waals surface area contributed by atoms with E-state index in [9.17, 15) is 9.18 Å². The Morgan fingerprint density at radius 1 is 1.11 bits per heavy atom. The van der Waals surface area contributed by atoms with E-state index in [4.69, 9.17) is 32.7 Å². The highest BCUT2D eigenvalue weighted by atomic mass is 35.5. The lowest BCUT2D eigenvalue weighted by Crippen LogP contribution is -2.34. The number of hydrogen-bond acceptors (Lipinski definition) is 3. The molecule has 0 radical (unpaired) electrons. The van der Waals surface area contributed by atoms with Crippen LogP contribution in [0.5, 0.6) is 5.75 Å². The van der Waals surface area contributed by atoms with Crippen LogP contribution in [-0.4, -0.2) is 11.6 Å². The largest absolute Gasteiger partial charge is 0.489 e. The second kappa shape index (κ2) is 7.33. The molecule has 0 atom stereocenters. The van der Waals surface area contributed by atoms with E-state index in [0.29, 0.717) is 21.4 Å². The van der Waals surface area contributed by atoms with Crippen LogP contribution in [0.4, 0.5) is 4.39 Å². The second-order valence-corrected chi connectivity index (χ2v) is 8.71. The summed E-state index contributed by atoms with van der Waals surface area (Å²) in [7, 11) is 0. The molecule has 6 heteroatoms. The quantitative estimate of drug-likeness (QED) is 0.531. The first kappa shape index (κ1) is 20.0. The van der Waals surface area contributed by atoms with Crippen LogP contribution in [0.2, 0.25) is 10.0 Å². The van der Waals surface area contributed by atoms with E-state index >= 15 is 0 Å². The fourth-order valence-corrected chi connectivity index (χ4v) is 3.45. The number of benzene rings is 2. The lowest BCUT2D eigenvalue weighted by molar-refractivity contribution is -0.0173. The highest BCUT2D eigenvalue weighted by Crippen LogP contribution is 2.53. The van der Waals surface area contributed by atoms with E-state index in [1.54, 1.807) is 24.3 Å². The number of carbonyl (C=O) groups is 1. The van der Waals surface area contributed by atoms with E-state index in [-0.39, 0.29) is 17.6 Å². The highest BCUT2D eigenvalue weighted by molar-refractivity contribution is 6.34. The van der Waals surface area contributed by atoms with Gasteiger partial charge in [-0.3, -0.25) is 0 Å². The zero-order chi connectivity index (χ0) is 19.8. The van der Waals surface area contributed by atoms with Crippen molar-refractivity contribution in [1.29, 1.82) is 0 Å². The van der Waals surface area contributed by atoms with Gasteiger partial charge >= 0.3 is 5.97 Å². The fraction of sp³-hybridized carbons (Fsp3) is 0.381. The molecule has 0 N–H and O–H groups in total. The van der Waals surface area contributed by atoms with Gasteiger partial charge in [0, 0.05) is 15.5 Å². The van der Waals surface area contributed by atoms with Gasteiger partial charge in [-0.2, -0.15) is 0 Å². The molecule has 27 heavy (non-hydrogen) atoms. The molecule has 0 spiro atoms. The zero-order valence-electron chi connectivity index (χ0n) is 15.4. The van der Waals surface area contributed by atoms with Crippen LogP contribution in [0.15, 0.2) is 36.4 Å². The molecule has 3 nitrogen and oxygen atoms in total. The van der Waals surface area contributed by atoms with E-state index in [0.717, 1.165) is 12.8 Å². The monoisotopic (exact) mass is 410 g/mol. The first-order valence-electron chi connectivity index (χ1n) is 8.70. The summed E-state index contributed by atoms with van der Waals surface area (Å²) >= 11 is 11.9. The van der Waals surface area contributed by atoms with Crippen molar-refractivity contribution in [2.24, 2.45) is 5.41 Å². The number of rotatable bonds is 5. The molecule has 0 saturated heterocycles. The summed E-state index contributed by atoms with van der Waals surface area (Å²) < 4.78 is 25.7. The molecule has 0 aromatic heterocycles. The third-order valence-electron chi connectivity index (χ3n) is 4.85. The summed E-state index contributed by atoms with van der Waals surface area (Å²) in [6, 6.07) is 9.19. The standard InChI is InChI=1S/C21H21Cl2FO3/c1-20(2,3)21(6-7-21)27-19(25)17-5-4-13(8-18(17)24)12-26-16-10-14(22)9-15(23)11-16/h4-5,8-11H,6-7,12H2,1-3H3. The van der Waals surface area contributed by atoms with Gasteiger partial charge in [0.25, 0.3) is 0 Å². The summed E-state index contributed by atoms with van der Waals surface area (Å²) in [6.45, 7) is 6.18. The van der Waals surface area contributed by atoms with Crippen molar-refractivity contribution < 1.29 is 18.7 Å². The van der Waals surface area contributed by atoms with Crippen molar-refractivity contribution in [3.8, 4) is 5.75 Å². The van der Waals surface area contributed by atoms with Crippen molar-refractivity contribution in [1.82, 2.24) is 0 Å². The Morgan fingerprint density at radius 2 is 1.74 bits per heavy atom. The van der Waals surface area contributed by atoms with Crippen molar-refractivity contribution in [2.75, 3.05) is 0 Å². The third-order valence-corrected chi connectivity index (χ3v) is 5.29. The van der Waals surface area contributed by atoms with Gasteiger partial charge in [-0.15, -0.1) is 0 Å². The molecule has 1 aliphatic rings. The molecule has 0 amide bonds. The smallest absolute Gasteiger partial charge is 0.341 e. The lowest BCUT2D eigenvalue weighted by atomic mass is 9.86.